The van der Waals surface area contributed by atoms with Crippen molar-refractivity contribution in [1.82, 2.24) is 0 Å². The number of nitro groups is 1. The highest BCUT2D eigenvalue weighted by atomic mass is 79.9. The largest absolute Gasteiger partial charge is 0.457 e. The Morgan fingerprint density at radius 1 is 1.19 bits per heavy atom. The number of hydrogen-bond acceptors (Lipinski definition) is 5. The van der Waals surface area contributed by atoms with Gasteiger partial charge in [0, 0.05) is 27.7 Å². The minimum Gasteiger partial charge on any atom is -0.457 e. The summed E-state index contributed by atoms with van der Waals surface area (Å²) in [5.74, 6) is 0.719. The number of rotatable bonds is 5. The Hall–Kier alpha value is -3.50. The summed E-state index contributed by atoms with van der Waals surface area (Å²) in [7, 11) is 0. The molecule has 7 heteroatoms. The second-order valence-electron chi connectivity index (χ2n) is 5.51. The van der Waals surface area contributed by atoms with E-state index in [1.807, 2.05) is 6.07 Å². The van der Waals surface area contributed by atoms with E-state index in [0.717, 1.165) is 0 Å². The number of carbonyl (C=O) groups excluding carboxylic acids is 1. The Morgan fingerprint density at radius 2 is 2.00 bits per heavy atom. The van der Waals surface area contributed by atoms with Crippen molar-refractivity contribution in [2.75, 3.05) is 0 Å². The lowest BCUT2D eigenvalue weighted by Crippen LogP contribution is -1.94. The molecule has 0 aliphatic rings. The van der Waals surface area contributed by atoms with Gasteiger partial charge in [-0.05, 0) is 58.4 Å². The summed E-state index contributed by atoms with van der Waals surface area (Å²) in [6.07, 6.45) is 2.90. The van der Waals surface area contributed by atoms with Crippen molar-refractivity contribution in [2.24, 2.45) is 0 Å². The lowest BCUT2D eigenvalue weighted by atomic mass is 10.1. The molecule has 1 aromatic heterocycles. The third-order valence-corrected chi connectivity index (χ3v) is 4.39. The fourth-order valence-electron chi connectivity index (χ4n) is 2.40. The number of non-ortho nitro benzene ring substituents is 1. The molecule has 0 radical (unpaired) electrons. The summed E-state index contributed by atoms with van der Waals surface area (Å²) >= 11 is 3.30. The quantitative estimate of drug-likeness (QED) is 0.237. The number of ketones is 1. The minimum absolute atomic E-state index is 0.0255. The van der Waals surface area contributed by atoms with Crippen molar-refractivity contribution in [1.29, 1.82) is 5.26 Å². The molecule has 0 amide bonds. The van der Waals surface area contributed by atoms with E-state index in [2.05, 4.69) is 15.9 Å². The third kappa shape index (κ3) is 4.19. The summed E-state index contributed by atoms with van der Waals surface area (Å²) < 4.78 is 6.22. The van der Waals surface area contributed by atoms with E-state index in [9.17, 15) is 14.9 Å². The van der Waals surface area contributed by atoms with Crippen LogP contribution < -0.4 is 0 Å². The zero-order valence-corrected chi connectivity index (χ0v) is 15.3. The number of nitrogens with zero attached hydrogens (tertiary/aromatic N) is 2. The number of allylic oxidation sites excluding steroid dienone is 1. The molecule has 27 heavy (non-hydrogen) atoms. The molecule has 0 bridgehead atoms. The van der Waals surface area contributed by atoms with E-state index in [1.165, 1.54) is 30.4 Å². The van der Waals surface area contributed by atoms with Gasteiger partial charge in [0.2, 0.25) is 0 Å². The van der Waals surface area contributed by atoms with Crippen LogP contribution in [0, 0.1) is 21.4 Å². The van der Waals surface area contributed by atoms with Crippen LogP contribution in [0.1, 0.15) is 21.7 Å². The fraction of sp³-hybridized carbons (Fsp3) is 0. The van der Waals surface area contributed by atoms with Crippen LogP contribution in [0.5, 0.6) is 0 Å². The fourth-order valence-corrected chi connectivity index (χ4v) is 2.96. The molecule has 0 spiro atoms. The van der Waals surface area contributed by atoms with E-state index in [4.69, 9.17) is 9.68 Å². The summed E-state index contributed by atoms with van der Waals surface area (Å²) in [5, 5.41) is 19.7. The van der Waals surface area contributed by atoms with Crippen molar-refractivity contribution < 1.29 is 14.1 Å². The highest BCUT2D eigenvalue weighted by Gasteiger charge is 2.13. The van der Waals surface area contributed by atoms with E-state index in [0.29, 0.717) is 32.7 Å². The Bertz CT molecular complexity index is 1110. The predicted octanol–water partition coefficient (Wildman–Crippen LogP) is 5.39. The van der Waals surface area contributed by atoms with Gasteiger partial charge in [0.05, 0.1) is 16.6 Å². The van der Waals surface area contributed by atoms with Crippen LogP contribution >= 0.6 is 15.9 Å². The Balaban J connectivity index is 1.80. The molecule has 0 saturated heterocycles. The van der Waals surface area contributed by atoms with Gasteiger partial charge in [-0.3, -0.25) is 14.9 Å². The highest BCUT2D eigenvalue weighted by molar-refractivity contribution is 9.10. The van der Waals surface area contributed by atoms with Crippen LogP contribution in [0.3, 0.4) is 0 Å². The van der Waals surface area contributed by atoms with Gasteiger partial charge in [-0.15, -0.1) is 0 Å². The summed E-state index contributed by atoms with van der Waals surface area (Å²) in [6.45, 7) is 0. The van der Waals surface area contributed by atoms with Gasteiger partial charge in [-0.1, -0.05) is 12.1 Å². The molecule has 0 saturated carbocycles. The second-order valence-corrected chi connectivity index (χ2v) is 6.37. The van der Waals surface area contributed by atoms with Gasteiger partial charge in [0.25, 0.3) is 5.69 Å². The Kier molecular flexibility index (Phi) is 5.29. The number of nitriles is 1. The SMILES string of the molecule is N#Cc1cccc(C(=O)/C=C/c2ccc(-c3ccc([N+](=O)[O-])cc3Br)o2)c1. The smallest absolute Gasteiger partial charge is 0.270 e. The van der Waals surface area contributed by atoms with Crippen molar-refractivity contribution in [2.45, 2.75) is 0 Å². The van der Waals surface area contributed by atoms with E-state index < -0.39 is 4.92 Å². The number of nitro benzene ring substituents is 1. The molecule has 0 atom stereocenters. The maximum absolute atomic E-state index is 12.2. The van der Waals surface area contributed by atoms with E-state index >= 15 is 0 Å². The minimum atomic E-state index is -0.474. The molecule has 0 unspecified atom stereocenters. The van der Waals surface area contributed by atoms with Crippen LogP contribution in [-0.2, 0) is 0 Å². The van der Waals surface area contributed by atoms with Crippen LogP contribution in [-0.4, -0.2) is 10.7 Å². The molecule has 0 N–H and O–H groups in total. The predicted molar refractivity (Wildman–Crippen MR) is 103 cm³/mol. The Morgan fingerprint density at radius 3 is 2.70 bits per heavy atom. The number of hydrogen-bond donors (Lipinski definition) is 0. The normalized spacial score (nSPS) is 10.7. The van der Waals surface area contributed by atoms with Gasteiger partial charge < -0.3 is 4.42 Å². The summed E-state index contributed by atoms with van der Waals surface area (Å²) in [6, 6.07) is 16.2. The highest BCUT2D eigenvalue weighted by Crippen LogP contribution is 2.32. The topological polar surface area (TPSA) is 97.1 Å². The van der Waals surface area contributed by atoms with Gasteiger partial charge >= 0.3 is 0 Å². The van der Waals surface area contributed by atoms with Crippen molar-refractivity contribution in [3.05, 3.63) is 92.1 Å². The van der Waals surface area contributed by atoms with Gasteiger partial charge in [-0.2, -0.15) is 5.26 Å². The van der Waals surface area contributed by atoms with Crippen LogP contribution in [0.4, 0.5) is 5.69 Å². The van der Waals surface area contributed by atoms with Crippen LogP contribution in [0.2, 0.25) is 0 Å². The molecule has 0 fully saturated rings. The number of halogens is 1. The first kappa shape index (κ1) is 18.3. The third-order valence-electron chi connectivity index (χ3n) is 3.73. The first-order valence-electron chi connectivity index (χ1n) is 7.74. The van der Waals surface area contributed by atoms with Crippen molar-refractivity contribution >= 4 is 33.5 Å². The second kappa shape index (κ2) is 7.81. The molecular weight excluding hydrogens is 412 g/mol. The van der Waals surface area contributed by atoms with Crippen LogP contribution in [0.25, 0.3) is 17.4 Å². The molecule has 3 rings (SSSR count). The standard InChI is InChI=1S/C20H11BrN2O4/c21-18-11-15(23(25)26)4-7-17(18)20-9-6-16(27-20)5-8-19(24)14-3-1-2-13(10-14)12-22/h1-11H/b8-5+. The molecule has 0 aliphatic carbocycles. The zero-order chi connectivity index (χ0) is 19.4. The zero-order valence-electron chi connectivity index (χ0n) is 13.8. The molecular formula is C20H11BrN2O4. The number of benzene rings is 2. The van der Waals surface area contributed by atoms with Gasteiger partial charge in [0.15, 0.2) is 5.78 Å². The van der Waals surface area contributed by atoms with Crippen molar-refractivity contribution in [3.8, 4) is 17.4 Å². The van der Waals surface area contributed by atoms with E-state index in [1.54, 1.807) is 36.4 Å². The van der Waals surface area contributed by atoms with Crippen LogP contribution in [0.15, 0.2) is 69.6 Å². The van der Waals surface area contributed by atoms with Gasteiger partial charge in [0.1, 0.15) is 11.5 Å². The molecule has 1 heterocycles. The average molecular weight is 423 g/mol. The molecule has 2 aromatic carbocycles. The number of carbonyl (C=O) groups is 1. The molecule has 3 aromatic rings. The lowest BCUT2D eigenvalue weighted by molar-refractivity contribution is -0.384. The molecule has 6 nitrogen and oxygen atoms in total. The number of furan rings is 1. The molecule has 0 aliphatic heterocycles. The van der Waals surface area contributed by atoms with Gasteiger partial charge in [-0.25, -0.2) is 0 Å². The maximum Gasteiger partial charge on any atom is 0.270 e. The van der Waals surface area contributed by atoms with E-state index in [-0.39, 0.29) is 11.5 Å². The maximum atomic E-state index is 12.2. The first-order valence-corrected chi connectivity index (χ1v) is 8.54. The molecule has 132 valence electrons. The lowest BCUT2D eigenvalue weighted by Gasteiger charge is -2.00. The summed E-state index contributed by atoms with van der Waals surface area (Å²) in [4.78, 5) is 22.5. The summed E-state index contributed by atoms with van der Waals surface area (Å²) in [5.41, 5.74) is 1.46. The van der Waals surface area contributed by atoms with Crippen molar-refractivity contribution in [3.63, 3.8) is 0 Å². The monoisotopic (exact) mass is 422 g/mol. The Labute approximate surface area is 162 Å². The average Bonchev–Trinajstić information content (AvgIpc) is 3.14. The first-order chi connectivity index (χ1) is 13.0.